The van der Waals surface area contributed by atoms with Gasteiger partial charge < -0.3 is 34.4 Å². The van der Waals surface area contributed by atoms with Crippen molar-refractivity contribution in [3.05, 3.63) is 36.3 Å². The molecule has 0 radical (unpaired) electrons. The molecule has 22 heteroatoms. The van der Waals surface area contributed by atoms with Crippen LogP contribution in [-0.4, -0.2) is 82.3 Å². The van der Waals surface area contributed by atoms with Crippen LogP contribution < -0.4 is 11.1 Å². The third kappa shape index (κ3) is 6.18. The van der Waals surface area contributed by atoms with E-state index in [1.165, 1.54) is 6.92 Å². The van der Waals surface area contributed by atoms with Crippen molar-refractivity contribution in [3.63, 3.8) is 0 Å². The van der Waals surface area contributed by atoms with Gasteiger partial charge in [-0.2, -0.15) is 41.3 Å². The number of nitrogens with one attached hydrogen (secondary N) is 1. The number of ether oxygens (including phenoxy) is 3. The topological polar surface area (TPSA) is 200 Å². The number of hydrogen-bond acceptors (Lipinski definition) is 14. The first-order chi connectivity index (χ1) is 20.6. The van der Waals surface area contributed by atoms with Crippen LogP contribution in [0.4, 0.5) is 38.1 Å². The second-order valence-corrected chi connectivity index (χ2v) is 9.33. The smallest absolute Gasteiger partial charge is 0.448 e. The van der Waals surface area contributed by atoms with Crippen molar-refractivity contribution >= 4 is 34.9 Å². The van der Waals surface area contributed by atoms with Crippen LogP contribution in [0.5, 0.6) is 0 Å². The maximum atomic E-state index is 13.3. The van der Waals surface area contributed by atoms with Gasteiger partial charge in [-0.05, 0) is 6.92 Å². The molecule has 1 saturated heterocycles. The third-order valence-corrected chi connectivity index (χ3v) is 6.07. The van der Waals surface area contributed by atoms with E-state index in [0.717, 1.165) is 16.6 Å². The van der Waals surface area contributed by atoms with Crippen molar-refractivity contribution in [2.75, 3.05) is 17.6 Å². The fourth-order valence-electron chi connectivity index (χ4n) is 4.23. The van der Waals surface area contributed by atoms with Crippen molar-refractivity contribution in [1.29, 1.82) is 0 Å². The van der Waals surface area contributed by atoms with Gasteiger partial charge in [0.05, 0.1) is 18.3 Å². The zero-order valence-electron chi connectivity index (χ0n) is 22.3. The Morgan fingerprint density at radius 3 is 2.30 bits per heavy atom. The van der Waals surface area contributed by atoms with E-state index in [4.69, 9.17) is 15.0 Å². The molecule has 0 amide bonds. The first-order valence-electron chi connectivity index (χ1n) is 12.3. The Balaban J connectivity index is 1.54. The molecule has 4 aromatic heterocycles. The van der Waals surface area contributed by atoms with Gasteiger partial charge in [0.2, 0.25) is 5.95 Å². The van der Waals surface area contributed by atoms with Gasteiger partial charge in [0.25, 0.3) is 5.89 Å². The minimum absolute atomic E-state index is 0.0493. The van der Waals surface area contributed by atoms with E-state index >= 15 is 0 Å². The van der Waals surface area contributed by atoms with E-state index in [0.29, 0.717) is 6.42 Å². The number of aryl methyl sites for hydroxylation is 2. The number of carbonyl (C=O) groups excluding carboxylic acids is 2. The zero-order valence-corrected chi connectivity index (χ0v) is 22.3. The Labute approximate surface area is 240 Å². The van der Waals surface area contributed by atoms with E-state index in [1.54, 1.807) is 24.1 Å². The summed E-state index contributed by atoms with van der Waals surface area (Å²) in [5, 5.41) is 6.37. The highest BCUT2D eigenvalue weighted by Crippen LogP contribution is 2.44. The number of nitrogens with zero attached hydrogens (tertiary/aromatic N) is 8. The van der Waals surface area contributed by atoms with Crippen LogP contribution in [-0.2, 0) is 37.3 Å². The van der Waals surface area contributed by atoms with Crippen LogP contribution >= 0.6 is 0 Å². The summed E-state index contributed by atoms with van der Waals surface area (Å²) in [7, 11) is 1.78. The van der Waals surface area contributed by atoms with Gasteiger partial charge in [-0.15, -0.1) is 0 Å². The molecule has 4 aromatic rings. The first kappa shape index (κ1) is 30.4. The van der Waals surface area contributed by atoms with Crippen LogP contribution in [0.15, 0.2) is 23.4 Å². The number of carbonyl (C=O) groups is 2. The standard InChI is InChI=1S/C22H20F6N10O6/c1-8-33-16(44-36-8)12-11(42-18(39)21(23,24)25)13(43-19(40)22(26,27)28)17(41-12)38-7-32-10-14(29)34-20(35-15(10)38)30-4-3-9-5-37(2)6-31-9/h5-7,11-13,17H,3-4H2,1-2H3,(H3,29,30,34,35)/t11-,12+,13-,17-/m1/s1. The molecule has 44 heavy (non-hydrogen) atoms. The van der Waals surface area contributed by atoms with Crippen LogP contribution in [0.25, 0.3) is 11.2 Å². The fraction of sp³-hybridized carbons (Fsp3) is 0.455. The highest BCUT2D eigenvalue weighted by atomic mass is 19.4. The van der Waals surface area contributed by atoms with Crippen molar-refractivity contribution in [1.82, 2.24) is 39.2 Å². The second-order valence-electron chi connectivity index (χ2n) is 9.33. The van der Waals surface area contributed by atoms with Gasteiger partial charge in [0.15, 0.2) is 41.8 Å². The van der Waals surface area contributed by atoms with Crippen LogP contribution in [0, 0.1) is 6.92 Å². The number of halogens is 6. The quantitative estimate of drug-likeness (QED) is 0.210. The van der Waals surface area contributed by atoms with E-state index in [2.05, 4.69) is 44.9 Å². The molecule has 4 atom stereocenters. The summed E-state index contributed by atoms with van der Waals surface area (Å²) in [6, 6.07) is 0. The lowest BCUT2D eigenvalue weighted by Gasteiger charge is -2.25. The first-order valence-corrected chi connectivity index (χ1v) is 12.3. The SMILES string of the molecule is Cc1noc([C@H]2O[C@@H](n3cnc4c(N)nc(NCCc5cn(C)cn5)nc43)[C@H](OC(=O)C(F)(F)F)[C@@H]2OC(=O)C(F)(F)F)n1. The van der Waals surface area contributed by atoms with E-state index in [1.807, 2.05) is 0 Å². The minimum Gasteiger partial charge on any atom is -0.448 e. The number of fused-ring (bicyclic) bond motifs is 1. The van der Waals surface area contributed by atoms with E-state index < -0.39 is 54.7 Å². The lowest BCUT2D eigenvalue weighted by Crippen LogP contribution is -2.42. The lowest BCUT2D eigenvalue weighted by molar-refractivity contribution is -0.221. The number of hydrogen-bond donors (Lipinski definition) is 2. The number of alkyl halides is 6. The number of aromatic nitrogens is 8. The largest absolute Gasteiger partial charge is 0.490 e. The Morgan fingerprint density at radius 2 is 1.70 bits per heavy atom. The molecule has 1 fully saturated rings. The maximum Gasteiger partial charge on any atom is 0.490 e. The van der Waals surface area contributed by atoms with Crippen molar-refractivity contribution in [2.45, 2.75) is 50.2 Å². The summed E-state index contributed by atoms with van der Waals surface area (Å²) in [6.45, 7) is 1.58. The van der Waals surface area contributed by atoms with Gasteiger partial charge in [-0.1, -0.05) is 5.16 Å². The second kappa shape index (κ2) is 11.2. The molecule has 0 unspecified atom stereocenters. The van der Waals surface area contributed by atoms with Gasteiger partial charge >= 0.3 is 24.3 Å². The molecular formula is C22H20F6N10O6. The van der Waals surface area contributed by atoms with Crippen LogP contribution in [0.2, 0.25) is 0 Å². The third-order valence-electron chi connectivity index (χ3n) is 6.07. The highest BCUT2D eigenvalue weighted by Gasteiger charge is 2.58. The summed E-state index contributed by atoms with van der Waals surface area (Å²) >= 11 is 0. The average Bonchev–Trinajstić information content (AvgIpc) is 3.71. The van der Waals surface area contributed by atoms with Crippen LogP contribution in [0.1, 0.15) is 29.7 Å². The molecule has 1 aliphatic rings. The molecule has 1 aliphatic heterocycles. The molecule has 0 bridgehead atoms. The predicted octanol–water partition coefficient (Wildman–Crippen LogP) is 1.71. The Morgan fingerprint density at radius 1 is 1.02 bits per heavy atom. The molecule has 16 nitrogen and oxygen atoms in total. The Kier molecular flexibility index (Phi) is 7.77. The zero-order chi connectivity index (χ0) is 32.0. The summed E-state index contributed by atoms with van der Waals surface area (Å²) in [5.41, 5.74) is 6.45. The number of nitrogen functional groups attached to an aromatic ring is 1. The van der Waals surface area contributed by atoms with E-state index in [9.17, 15) is 35.9 Å². The number of nitrogens with two attached hydrogens (primary N) is 1. The molecular weight excluding hydrogens is 614 g/mol. The van der Waals surface area contributed by atoms with Gasteiger partial charge in [-0.25, -0.2) is 19.6 Å². The number of imidazole rings is 2. The lowest BCUT2D eigenvalue weighted by atomic mass is 10.1. The molecule has 0 aliphatic carbocycles. The molecule has 0 aromatic carbocycles. The van der Waals surface area contributed by atoms with Crippen molar-refractivity contribution in [2.24, 2.45) is 7.05 Å². The molecule has 236 valence electrons. The molecule has 3 N–H and O–H groups in total. The van der Waals surface area contributed by atoms with E-state index in [-0.39, 0.29) is 35.3 Å². The van der Waals surface area contributed by atoms with Crippen LogP contribution in [0.3, 0.4) is 0 Å². The molecule has 5 heterocycles. The summed E-state index contributed by atoms with van der Waals surface area (Å²) in [5.74, 6) is -6.54. The predicted molar refractivity (Wildman–Crippen MR) is 129 cm³/mol. The monoisotopic (exact) mass is 634 g/mol. The highest BCUT2D eigenvalue weighted by molar-refractivity contribution is 5.83. The maximum absolute atomic E-state index is 13.3. The van der Waals surface area contributed by atoms with Gasteiger partial charge in [0, 0.05) is 26.2 Å². The van der Waals surface area contributed by atoms with Crippen molar-refractivity contribution < 1.29 is 54.7 Å². The number of esters is 2. The summed E-state index contributed by atoms with van der Waals surface area (Å²) in [6.07, 6.45) is -15.1. The number of rotatable bonds is 8. The van der Waals surface area contributed by atoms with Crippen molar-refractivity contribution in [3.8, 4) is 0 Å². The summed E-state index contributed by atoms with van der Waals surface area (Å²) < 4.78 is 102. The molecule has 5 rings (SSSR count). The van der Waals surface area contributed by atoms with Gasteiger partial charge in [0.1, 0.15) is 5.52 Å². The summed E-state index contributed by atoms with van der Waals surface area (Å²) in [4.78, 5) is 44.1. The molecule has 0 spiro atoms. The number of anilines is 2. The molecule has 0 saturated carbocycles. The normalized spacial score (nSPS) is 20.6. The fourth-order valence-corrected chi connectivity index (χ4v) is 4.23. The minimum atomic E-state index is -5.60. The average molecular weight is 634 g/mol. The van der Waals surface area contributed by atoms with Gasteiger partial charge in [-0.3, -0.25) is 4.57 Å². The Hall–Kier alpha value is -5.02. The Bertz CT molecular complexity index is 1680.